The summed E-state index contributed by atoms with van der Waals surface area (Å²) in [6.07, 6.45) is 6.26. The molecule has 0 heterocycles. The van der Waals surface area contributed by atoms with E-state index in [-0.39, 0.29) is 36.4 Å². The number of nitrogens with zero attached hydrogens (tertiary/aromatic N) is 1. The lowest BCUT2D eigenvalue weighted by Crippen LogP contribution is -2.42. The highest BCUT2D eigenvalue weighted by molar-refractivity contribution is 14.0. The number of guanidine groups is 1. The van der Waals surface area contributed by atoms with Crippen molar-refractivity contribution in [3.63, 3.8) is 0 Å². The average Bonchev–Trinajstić information content (AvgIpc) is 2.64. The number of aryl methyl sites for hydroxylation is 2. The zero-order chi connectivity index (χ0) is 19.6. The predicted molar refractivity (Wildman–Crippen MR) is 127 cm³/mol. The van der Waals surface area contributed by atoms with Gasteiger partial charge in [0.1, 0.15) is 0 Å². The minimum absolute atomic E-state index is 0. The number of anilines is 1. The van der Waals surface area contributed by atoms with Gasteiger partial charge in [0.15, 0.2) is 5.96 Å². The van der Waals surface area contributed by atoms with E-state index in [0.29, 0.717) is 11.6 Å². The van der Waals surface area contributed by atoms with Crippen molar-refractivity contribution in [1.82, 2.24) is 10.6 Å². The van der Waals surface area contributed by atoms with Crippen LogP contribution in [0.15, 0.2) is 47.5 Å². The maximum Gasteiger partial charge on any atom is 0.243 e. The standard InChI is InChI=1S/C22H26N4O.HI/c1-5-18-7-6-8-20(14-18)26-21(27)15-25-22(23-4)24-10-9-19-12-16(2)11-17(3)13-19;/h1,6-8,11-14H,9-10,15H2,2-4H3,(H,26,27)(H2,23,24,25);1H. The van der Waals surface area contributed by atoms with Gasteiger partial charge < -0.3 is 16.0 Å². The Kier molecular flexibility index (Phi) is 10.1. The van der Waals surface area contributed by atoms with E-state index in [1.54, 1.807) is 19.2 Å². The molecule has 0 aromatic heterocycles. The third-order valence-electron chi connectivity index (χ3n) is 3.94. The quantitative estimate of drug-likeness (QED) is 0.252. The van der Waals surface area contributed by atoms with Crippen molar-refractivity contribution in [2.45, 2.75) is 20.3 Å². The minimum Gasteiger partial charge on any atom is -0.356 e. The van der Waals surface area contributed by atoms with E-state index in [9.17, 15) is 4.79 Å². The number of amides is 1. The van der Waals surface area contributed by atoms with Crippen molar-refractivity contribution >= 4 is 41.5 Å². The van der Waals surface area contributed by atoms with E-state index in [2.05, 4.69) is 58.9 Å². The molecule has 2 aromatic carbocycles. The van der Waals surface area contributed by atoms with Gasteiger partial charge in [0, 0.05) is 24.8 Å². The molecule has 0 fully saturated rings. The Bertz CT molecular complexity index is 851. The van der Waals surface area contributed by atoms with Gasteiger partial charge in [0.05, 0.1) is 6.54 Å². The number of carbonyl (C=O) groups is 1. The summed E-state index contributed by atoms with van der Waals surface area (Å²) in [6.45, 7) is 5.04. The van der Waals surface area contributed by atoms with E-state index in [1.807, 2.05) is 12.1 Å². The first kappa shape index (κ1) is 23.5. The van der Waals surface area contributed by atoms with Crippen LogP contribution in [-0.2, 0) is 11.2 Å². The average molecular weight is 490 g/mol. The Morgan fingerprint density at radius 2 is 1.82 bits per heavy atom. The number of nitrogens with one attached hydrogen (secondary N) is 3. The van der Waals surface area contributed by atoms with Crippen LogP contribution in [0, 0.1) is 26.2 Å². The van der Waals surface area contributed by atoms with Gasteiger partial charge in [-0.25, -0.2) is 0 Å². The predicted octanol–water partition coefficient (Wildman–Crippen LogP) is 3.25. The molecule has 0 saturated heterocycles. The zero-order valence-electron chi connectivity index (χ0n) is 16.5. The van der Waals surface area contributed by atoms with Crippen LogP contribution in [-0.4, -0.2) is 32.0 Å². The van der Waals surface area contributed by atoms with Crippen LogP contribution in [0.5, 0.6) is 0 Å². The Morgan fingerprint density at radius 3 is 2.46 bits per heavy atom. The van der Waals surface area contributed by atoms with E-state index >= 15 is 0 Å². The number of carbonyl (C=O) groups excluding carboxylic acids is 1. The van der Waals surface area contributed by atoms with E-state index in [4.69, 9.17) is 6.42 Å². The summed E-state index contributed by atoms with van der Waals surface area (Å²) in [7, 11) is 1.68. The highest BCUT2D eigenvalue weighted by Gasteiger charge is 2.05. The molecule has 1 amide bonds. The Hall–Kier alpha value is -2.53. The van der Waals surface area contributed by atoms with Crippen molar-refractivity contribution in [1.29, 1.82) is 0 Å². The zero-order valence-corrected chi connectivity index (χ0v) is 18.8. The van der Waals surface area contributed by atoms with Crippen LogP contribution < -0.4 is 16.0 Å². The van der Waals surface area contributed by atoms with Crippen molar-refractivity contribution in [3.05, 3.63) is 64.7 Å². The molecule has 3 N–H and O–H groups in total. The highest BCUT2D eigenvalue weighted by Crippen LogP contribution is 2.10. The third kappa shape index (κ3) is 8.01. The summed E-state index contributed by atoms with van der Waals surface area (Å²) in [6, 6.07) is 13.7. The maximum absolute atomic E-state index is 12.1. The largest absolute Gasteiger partial charge is 0.356 e. The minimum atomic E-state index is -0.165. The first-order valence-electron chi connectivity index (χ1n) is 8.88. The summed E-state index contributed by atoms with van der Waals surface area (Å²) in [4.78, 5) is 16.2. The topological polar surface area (TPSA) is 65.5 Å². The molecule has 0 atom stereocenters. The molecule has 0 bridgehead atoms. The lowest BCUT2D eigenvalue weighted by molar-refractivity contribution is -0.115. The third-order valence-corrected chi connectivity index (χ3v) is 3.94. The van der Waals surface area contributed by atoms with Gasteiger partial charge >= 0.3 is 0 Å². The second-order valence-electron chi connectivity index (χ2n) is 6.37. The molecule has 0 spiro atoms. The molecular weight excluding hydrogens is 463 g/mol. The molecule has 6 heteroatoms. The van der Waals surface area contributed by atoms with E-state index in [0.717, 1.165) is 18.5 Å². The summed E-state index contributed by atoms with van der Waals surface area (Å²) >= 11 is 0. The summed E-state index contributed by atoms with van der Waals surface area (Å²) in [5.74, 6) is 2.97. The molecule has 0 aliphatic heterocycles. The van der Waals surface area contributed by atoms with Gasteiger partial charge in [-0.3, -0.25) is 9.79 Å². The van der Waals surface area contributed by atoms with Gasteiger partial charge in [-0.1, -0.05) is 41.3 Å². The van der Waals surface area contributed by atoms with Gasteiger partial charge in [-0.15, -0.1) is 30.4 Å². The number of terminal acetylenes is 1. The molecular formula is C22H27IN4O. The second kappa shape index (κ2) is 12.0. The number of benzene rings is 2. The van der Waals surface area contributed by atoms with Crippen LogP contribution in [0.1, 0.15) is 22.3 Å². The molecule has 148 valence electrons. The second-order valence-corrected chi connectivity index (χ2v) is 6.37. The van der Waals surface area contributed by atoms with Gasteiger partial charge in [0.2, 0.25) is 5.91 Å². The SMILES string of the molecule is C#Cc1cccc(NC(=O)CNC(=NC)NCCc2cc(C)cc(C)c2)c1.I. The molecule has 28 heavy (non-hydrogen) atoms. The normalized spacial score (nSPS) is 10.4. The molecule has 0 unspecified atom stereocenters. The van der Waals surface area contributed by atoms with Crippen LogP contribution in [0.25, 0.3) is 0 Å². The number of aliphatic imine (C=N–C) groups is 1. The van der Waals surface area contributed by atoms with Crippen molar-refractivity contribution in [3.8, 4) is 12.3 Å². The number of hydrogen-bond donors (Lipinski definition) is 3. The monoisotopic (exact) mass is 490 g/mol. The Balaban J connectivity index is 0.00000392. The van der Waals surface area contributed by atoms with Crippen LogP contribution in [0.3, 0.4) is 0 Å². The van der Waals surface area contributed by atoms with Crippen LogP contribution in [0.2, 0.25) is 0 Å². The lowest BCUT2D eigenvalue weighted by Gasteiger charge is -2.12. The fraction of sp³-hybridized carbons (Fsp3) is 0.273. The first-order valence-corrected chi connectivity index (χ1v) is 8.88. The Morgan fingerprint density at radius 1 is 1.11 bits per heavy atom. The lowest BCUT2D eigenvalue weighted by atomic mass is 10.1. The van der Waals surface area contributed by atoms with Crippen molar-refractivity contribution < 1.29 is 4.79 Å². The van der Waals surface area contributed by atoms with Crippen molar-refractivity contribution in [2.24, 2.45) is 4.99 Å². The van der Waals surface area contributed by atoms with E-state index in [1.165, 1.54) is 16.7 Å². The number of rotatable bonds is 6. The first-order chi connectivity index (χ1) is 13.0. The van der Waals surface area contributed by atoms with Crippen molar-refractivity contribution in [2.75, 3.05) is 25.5 Å². The van der Waals surface area contributed by atoms with Crippen LogP contribution in [0.4, 0.5) is 5.69 Å². The summed E-state index contributed by atoms with van der Waals surface area (Å²) in [5.41, 5.74) is 5.21. The van der Waals surface area contributed by atoms with Crippen LogP contribution >= 0.6 is 24.0 Å². The highest BCUT2D eigenvalue weighted by atomic mass is 127. The Labute approximate surface area is 184 Å². The summed E-state index contributed by atoms with van der Waals surface area (Å²) in [5, 5.41) is 9.05. The molecule has 2 aromatic rings. The number of hydrogen-bond acceptors (Lipinski definition) is 2. The smallest absolute Gasteiger partial charge is 0.243 e. The fourth-order valence-electron chi connectivity index (χ4n) is 2.82. The molecule has 2 rings (SSSR count). The molecule has 0 radical (unpaired) electrons. The molecule has 0 aliphatic carbocycles. The van der Waals surface area contributed by atoms with Gasteiger partial charge in [-0.05, 0) is 44.0 Å². The molecule has 0 aliphatic rings. The maximum atomic E-state index is 12.1. The molecule has 0 saturated carbocycles. The van der Waals surface area contributed by atoms with Gasteiger partial charge in [-0.2, -0.15) is 0 Å². The van der Waals surface area contributed by atoms with E-state index < -0.39 is 0 Å². The summed E-state index contributed by atoms with van der Waals surface area (Å²) < 4.78 is 0. The van der Waals surface area contributed by atoms with Gasteiger partial charge in [0.25, 0.3) is 0 Å². The molecule has 5 nitrogen and oxygen atoms in total. The fourth-order valence-corrected chi connectivity index (χ4v) is 2.82. The number of halogens is 1.